The maximum absolute atomic E-state index is 11.1. The maximum Gasteiger partial charge on any atom is 0.408 e. The number of amides is 1. The fourth-order valence-electron chi connectivity index (χ4n) is 7.42. The summed E-state index contributed by atoms with van der Waals surface area (Å²) in [5.41, 5.74) is 4.72. The summed E-state index contributed by atoms with van der Waals surface area (Å²) in [4.78, 5) is 11.1. The Balaban J connectivity index is 1.65. The van der Waals surface area contributed by atoms with Gasteiger partial charge in [0.25, 0.3) is 0 Å². The van der Waals surface area contributed by atoms with Crippen LogP contribution < -0.4 is 5.32 Å². The number of fused-ring (bicyclic) bond motifs is 5. The molecule has 0 bridgehead atoms. The predicted molar refractivity (Wildman–Crippen MR) is 100 cm³/mol. The lowest BCUT2D eigenvalue weighted by Gasteiger charge is -2.57. The Bertz CT molecular complexity index is 648. The van der Waals surface area contributed by atoms with Gasteiger partial charge < -0.3 is 5.11 Å². The molecule has 0 aliphatic heterocycles. The molecule has 0 heterocycles. The van der Waals surface area contributed by atoms with Crippen LogP contribution in [0.1, 0.15) is 78.6 Å². The summed E-state index contributed by atoms with van der Waals surface area (Å²) < 4.78 is 0. The molecule has 3 saturated carbocycles. The number of carbonyl (C=O) groups is 1. The Morgan fingerprint density at radius 2 is 1.88 bits per heavy atom. The Morgan fingerprint density at radius 3 is 2.64 bits per heavy atom. The SMILES string of the molecule is CC(NC(=O)O)=C1CCC2C3CCC4=CCCC[C@]4(C)C3CC[C@]12C. The summed E-state index contributed by atoms with van der Waals surface area (Å²) in [5.74, 6) is 2.42. The molecule has 0 radical (unpaired) electrons. The van der Waals surface area contributed by atoms with Gasteiger partial charge in [-0.1, -0.05) is 25.5 Å². The summed E-state index contributed by atoms with van der Waals surface area (Å²) in [7, 11) is 0. The van der Waals surface area contributed by atoms with E-state index in [-0.39, 0.29) is 5.41 Å². The van der Waals surface area contributed by atoms with Crippen molar-refractivity contribution in [1.82, 2.24) is 5.32 Å². The van der Waals surface area contributed by atoms with Crippen molar-refractivity contribution < 1.29 is 9.90 Å². The van der Waals surface area contributed by atoms with Crippen LogP contribution >= 0.6 is 0 Å². The molecule has 4 rings (SSSR count). The lowest BCUT2D eigenvalue weighted by atomic mass is 9.47. The van der Waals surface area contributed by atoms with Crippen LogP contribution in [0.5, 0.6) is 0 Å². The molecule has 0 aromatic heterocycles. The Hall–Kier alpha value is -1.25. The highest BCUT2D eigenvalue weighted by Gasteiger charge is 2.57. The highest BCUT2D eigenvalue weighted by Crippen LogP contribution is 2.66. The topological polar surface area (TPSA) is 49.3 Å². The zero-order valence-corrected chi connectivity index (χ0v) is 16.0. The number of rotatable bonds is 1. The second-order valence-corrected chi connectivity index (χ2v) is 9.48. The summed E-state index contributed by atoms with van der Waals surface area (Å²) in [5, 5.41) is 11.8. The van der Waals surface area contributed by atoms with Crippen molar-refractivity contribution in [2.24, 2.45) is 28.6 Å². The van der Waals surface area contributed by atoms with Gasteiger partial charge in [-0.25, -0.2) is 4.79 Å². The van der Waals surface area contributed by atoms with Gasteiger partial charge in [-0.15, -0.1) is 0 Å². The third kappa shape index (κ3) is 2.49. The van der Waals surface area contributed by atoms with E-state index in [2.05, 4.69) is 25.2 Å². The fraction of sp³-hybridized carbons (Fsp3) is 0.773. The minimum atomic E-state index is -0.923. The quantitative estimate of drug-likeness (QED) is 0.584. The van der Waals surface area contributed by atoms with Gasteiger partial charge in [-0.05, 0) is 98.9 Å². The third-order valence-corrected chi connectivity index (χ3v) is 8.56. The van der Waals surface area contributed by atoms with Crippen molar-refractivity contribution in [1.29, 1.82) is 0 Å². The van der Waals surface area contributed by atoms with E-state index in [1.54, 1.807) is 5.57 Å². The van der Waals surface area contributed by atoms with Gasteiger partial charge in [0, 0.05) is 5.70 Å². The van der Waals surface area contributed by atoms with Crippen LogP contribution in [0.15, 0.2) is 22.9 Å². The summed E-state index contributed by atoms with van der Waals surface area (Å²) in [6.07, 6.45) is 13.2. The van der Waals surface area contributed by atoms with E-state index in [4.69, 9.17) is 5.11 Å². The van der Waals surface area contributed by atoms with Gasteiger partial charge in [-0.2, -0.15) is 0 Å². The summed E-state index contributed by atoms with van der Waals surface area (Å²) in [6.45, 7) is 6.95. The van der Waals surface area contributed by atoms with E-state index in [0.717, 1.165) is 29.9 Å². The van der Waals surface area contributed by atoms with Gasteiger partial charge >= 0.3 is 6.09 Å². The van der Waals surface area contributed by atoms with Crippen LogP contribution in [0.2, 0.25) is 0 Å². The number of carboxylic acid groups (broad SMARTS) is 1. The van der Waals surface area contributed by atoms with Gasteiger partial charge in [0.2, 0.25) is 0 Å². The van der Waals surface area contributed by atoms with Gasteiger partial charge in [0.1, 0.15) is 0 Å². The largest absolute Gasteiger partial charge is 0.465 e. The molecule has 1 amide bonds. The number of nitrogens with one attached hydrogen (secondary N) is 1. The molecule has 3 heteroatoms. The maximum atomic E-state index is 11.1. The van der Waals surface area contributed by atoms with Crippen LogP contribution in [0.4, 0.5) is 4.79 Å². The zero-order valence-electron chi connectivity index (χ0n) is 16.0. The van der Waals surface area contributed by atoms with Crippen molar-refractivity contribution >= 4 is 6.09 Å². The van der Waals surface area contributed by atoms with Gasteiger partial charge in [0.15, 0.2) is 0 Å². The van der Waals surface area contributed by atoms with E-state index >= 15 is 0 Å². The monoisotopic (exact) mass is 343 g/mol. The first-order valence-electron chi connectivity index (χ1n) is 10.3. The van der Waals surface area contributed by atoms with Crippen molar-refractivity contribution in [3.05, 3.63) is 22.9 Å². The molecule has 0 saturated heterocycles. The van der Waals surface area contributed by atoms with Crippen molar-refractivity contribution in [3.8, 4) is 0 Å². The average molecular weight is 344 g/mol. The molecule has 3 nitrogen and oxygen atoms in total. The molecule has 138 valence electrons. The second kappa shape index (κ2) is 5.89. The van der Waals surface area contributed by atoms with Crippen LogP contribution in [0.3, 0.4) is 0 Å². The van der Waals surface area contributed by atoms with Gasteiger partial charge in [-0.3, -0.25) is 5.32 Å². The van der Waals surface area contributed by atoms with Crippen LogP contribution in [-0.2, 0) is 0 Å². The fourth-order valence-corrected chi connectivity index (χ4v) is 7.42. The Kier molecular flexibility index (Phi) is 4.05. The first kappa shape index (κ1) is 17.2. The van der Waals surface area contributed by atoms with Crippen molar-refractivity contribution in [2.75, 3.05) is 0 Å². The van der Waals surface area contributed by atoms with Crippen molar-refractivity contribution in [3.63, 3.8) is 0 Å². The first-order chi connectivity index (χ1) is 11.9. The smallest absolute Gasteiger partial charge is 0.408 e. The van der Waals surface area contributed by atoms with E-state index in [9.17, 15) is 4.79 Å². The van der Waals surface area contributed by atoms with E-state index in [0.29, 0.717) is 5.41 Å². The molecule has 2 N–H and O–H groups in total. The molecule has 4 aliphatic rings. The van der Waals surface area contributed by atoms with Crippen LogP contribution in [0, 0.1) is 28.6 Å². The van der Waals surface area contributed by atoms with Crippen molar-refractivity contribution in [2.45, 2.75) is 78.6 Å². The number of allylic oxidation sites excluding steroid dienone is 4. The molecular weight excluding hydrogens is 310 g/mol. The van der Waals surface area contributed by atoms with Crippen LogP contribution in [0.25, 0.3) is 0 Å². The second-order valence-electron chi connectivity index (χ2n) is 9.48. The molecule has 0 aromatic carbocycles. The molecule has 3 fully saturated rings. The Labute approximate surface area is 152 Å². The predicted octanol–water partition coefficient (Wildman–Crippen LogP) is 5.88. The van der Waals surface area contributed by atoms with Crippen LogP contribution in [-0.4, -0.2) is 11.2 Å². The molecule has 0 spiro atoms. The summed E-state index contributed by atoms with van der Waals surface area (Å²) in [6, 6.07) is 0. The summed E-state index contributed by atoms with van der Waals surface area (Å²) >= 11 is 0. The lowest BCUT2D eigenvalue weighted by Crippen LogP contribution is -2.49. The minimum Gasteiger partial charge on any atom is -0.465 e. The molecule has 5 atom stereocenters. The molecule has 4 aliphatic carbocycles. The van der Waals surface area contributed by atoms with E-state index in [1.165, 1.54) is 56.9 Å². The molecule has 3 unspecified atom stereocenters. The minimum absolute atomic E-state index is 0.208. The highest BCUT2D eigenvalue weighted by atomic mass is 16.4. The lowest BCUT2D eigenvalue weighted by molar-refractivity contribution is -0.0257. The zero-order chi connectivity index (χ0) is 17.8. The first-order valence-corrected chi connectivity index (χ1v) is 10.3. The number of hydrogen-bond acceptors (Lipinski definition) is 1. The normalized spacial score (nSPS) is 44.9. The van der Waals surface area contributed by atoms with E-state index < -0.39 is 6.09 Å². The molecular formula is C22H33NO2. The molecule has 25 heavy (non-hydrogen) atoms. The standard InChI is InChI=1S/C22H33NO2/c1-14(23-20(24)25)17-9-10-18-16-8-7-15-6-4-5-12-21(15,2)19(16)11-13-22(17,18)3/h6,16,18-19,23H,4-5,7-13H2,1-3H3,(H,24,25)/t16?,18?,19?,21-,22+/m0/s1. The van der Waals surface area contributed by atoms with Gasteiger partial charge in [0.05, 0.1) is 0 Å². The highest BCUT2D eigenvalue weighted by molar-refractivity contribution is 5.67. The average Bonchev–Trinajstić information content (AvgIpc) is 2.91. The Morgan fingerprint density at radius 1 is 1.12 bits per heavy atom. The third-order valence-electron chi connectivity index (χ3n) is 8.56. The van der Waals surface area contributed by atoms with E-state index in [1.807, 2.05) is 6.92 Å². The number of hydrogen-bond donors (Lipinski definition) is 2. The molecule has 0 aromatic rings.